The topological polar surface area (TPSA) is 56.7 Å². The molecular weight excluding hydrogens is 188 g/mol. The summed E-state index contributed by atoms with van der Waals surface area (Å²) in [7, 11) is 1.71. The fraction of sp³-hybridized carbons (Fsp3) is 0.143. The van der Waals surface area contributed by atoms with Gasteiger partial charge < -0.3 is 4.42 Å². The molecule has 0 bridgehead atoms. The lowest BCUT2D eigenvalue weighted by molar-refractivity contribution is 0.531. The molecule has 0 aliphatic carbocycles. The highest BCUT2D eigenvalue weighted by Crippen LogP contribution is 2.10. The van der Waals surface area contributed by atoms with Gasteiger partial charge in [0.25, 0.3) is 10.7 Å². The normalized spacial score (nSPS) is 10.2. The van der Waals surface area contributed by atoms with E-state index in [0.717, 1.165) is 0 Å². The van der Waals surface area contributed by atoms with Crippen LogP contribution in [-0.2, 0) is 7.05 Å². The van der Waals surface area contributed by atoms with Gasteiger partial charge in [0, 0.05) is 19.4 Å². The molecule has 0 saturated heterocycles. The van der Waals surface area contributed by atoms with Crippen LogP contribution in [-0.4, -0.2) is 19.7 Å². The van der Waals surface area contributed by atoms with E-state index in [2.05, 4.69) is 15.1 Å². The Morgan fingerprint density at radius 1 is 1.38 bits per heavy atom. The lowest BCUT2D eigenvalue weighted by atomic mass is 10.5. The fourth-order valence-electron chi connectivity index (χ4n) is 0.846. The zero-order valence-electron chi connectivity index (χ0n) is 6.84. The van der Waals surface area contributed by atoms with E-state index in [1.54, 1.807) is 25.5 Å². The molecule has 0 radical (unpaired) electrons. The molecule has 6 heteroatoms. The number of nitrogens with zero attached hydrogens (tertiary/aromatic N) is 4. The summed E-state index contributed by atoms with van der Waals surface area (Å²) in [6.45, 7) is 0. The van der Waals surface area contributed by atoms with E-state index in [4.69, 9.17) is 16.6 Å². The minimum absolute atomic E-state index is 0.308. The first kappa shape index (κ1) is 8.06. The highest BCUT2D eigenvalue weighted by molar-refractivity contribution is 7.71. The third kappa shape index (κ3) is 1.48. The number of aromatic nitrogens is 4. The first-order valence-electron chi connectivity index (χ1n) is 3.59. The molecule has 2 heterocycles. The van der Waals surface area contributed by atoms with Gasteiger partial charge >= 0.3 is 0 Å². The van der Waals surface area contributed by atoms with Crippen molar-refractivity contribution in [2.45, 2.75) is 0 Å². The lowest BCUT2D eigenvalue weighted by Crippen LogP contribution is -1.91. The van der Waals surface area contributed by atoms with Crippen LogP contribution in [0.3, 0.4) is 0 Å². The Labute approximate surface area is 79.1 Å². The van der Waals surface area contributed by atoms with Crippen molar-refractivity contribution in [3.63, 3.8) is 0 Å². The maximum absolute atomic E-state index is 5.14. The molecular formula is C7H6N4OS. The Balaban J connectivity index is 2.54. The Bertz CT molecular complexity index is 461. The van der Waals surface area contributed by atoms with Gasteiger partial charge in [-0.3, -0.25) is 0 Å². The van der Waals surface area contributed by atoms with Gasteiger partial charge in [-0.1, -0.05) is 0 Å². The largest absolute Gasteiger partial charge is 0.406 e. The van der Waals surface area contributed by atoms with Gasteiger partial charge in [0.1, 0.15) is 0 Å². The van der Waals surface area contributed by atoms with Gasteiger partial charge in [-0.2, -0.15) is 0 Å². The van der Waals surface area contributed by atoms with Crippen LogP contribution in [0.1, 0.15) is 0 Å². The van der Waals surface area contributed by atoms with Gasteiger partial charge in [0.15, 0.2) is 0 Å². The molecule has 2 aromatic rings. The third-order valence-corrected chi connectivity index (χ3v) is 1.79. The van der Waals surface area contributed by atoms with Crippen LogP contribution in [0.4, 0.5) is 0 Å². The van der Waals surface area contributed by atoms with Crippen molar-refractivity contribution in [1.29, 1.82) is 0 Å². The first-order chi connectivity index (χ1) is 6.27. The van der Waals surface area contributed by atoms with E-state index in [9.17, 15) is 0 Å². The van der Waals surface area contributed by atoms with Crippen molar-refractivity contribution in [3.05, 3.63) is 23.3 Å². The lowest BCUT2D eigenvalue weighted by Gasteiger charge is -1.88. The molecule has 0 fully saturated rings. The standard InChI is InChI=1S/C7H6N4OS/c1-11-7(13)12-6(10-11)5-8-3-2-4-9-5/h2-4H,1H3. The third-order valence-electron chi connectivity index (χ3n) is 1.45. The van der Waals surface area contributed by atoms with Crippen molar-refractivity contribution in [1.82, 2.24) is 19.7 Å². The van der Waals surface area contributed by atoms with E-state index in [0.29, 0.717) is 16.6 Å². The van der Waals surface area contributed by atoms with Gasteiger partial charge in [-0.15, -0.1) is 5.10 Å². The molecule has 5 nitrogen and oxygen atoms in total. The highest BCUT2D eigenvalue weighted by Gasteiger charge is 2.07. The Morgan fingerprint density at radius 2 is 2.08 bits per heavy atom. The smallest absolute Gasteiger partial charge is 0.287 e. The van der Waals surface area contributed by atoms with Gasteiger partial charge in [-0.25, -0.2) is 14.6 Å². The van der Waals surface area contributed by atoms with Crippen molar-refractivity contribution in [2.75, 3.05) is 0 Å². The molecule has 2 aromatic heterocycles. The van der Waals surface area contributed by atoms with Gasteiger partial charge in [0.05, 0.1) is 0 Å². The van der Waals surface area contributed by atoms with Crippen LogP contribution in [0.2, 0.25) is 0 Å². The Kier molecular flexibility index (Phi) is 1.90. The molecule has 0 aliphatic rings. The van der Waals surface area contributed by atoms with Crippen LogP contribution in [0.5, 0.6) is 0 Å². The van der Waals surface area contributed by atoms with Crippen molar-refractivity contribution in [3.8, 4) is 11.7 Å². The minimum atomic E-state index is 0.308. The number of hydrogen-bond acceptors (Lipinski definition) is 5. The molecule has 0 aliphatic heterocycles. The molecule has 0 atom stereocenters. The average molecular weight is 194 g/mol. The molecule has 0 amide bonds. The molecule has 0 unspecified atom stereocenters. The van der Waals surface area contributed by atoms with Gasteiger partial charge in [0.2, 0.25) is 5.82 Å². The van der Waals surface area contributed by atoms with Gasteiger partial charge in [-0.05, 0) is 18.3 Å². The van der Waals surface area contributed by atoms with E-state index in [1.165, 1.54) is 4.68 Å². The SMILES string of the molecule is Cn1nc(-c2ncccn2)oc1=S. The second-order valence-electron chi connectivity index (χ2n) is 2.37. The second kappa shape index (κ2) is 3.06. The fourth-order valence-corrected chi connectivity index (χ4v) is 0.966. The first-order valence-corrected chi connectivity index (χ1v) is 4.00. The van der Waals surface area contributed by atoms with Crippen LogP contribution >= 0.6 is 12.2 Å². The predicted octanol–water partition coefficient (Wildman–Crippen LogP) is 1.20. The molecule has 0 spiro atoms. The van der Waals surface area contributed by atoms with Crippen molar-refractivity contribution in [2.24, 2.45) is 7.05 Å². The van der Waals surface area contributed by atoms with Crippen LogP contribution in [0.15, 0.2) is 22.9 Å². The van der Waals surface area contributed by atoms with Crippen LogP contribution in [0, 0.1) is 4.84 Å². The molecule has 0 aromatic carbocycles. The number of hydrogen-bond donors (Lipinski definition) is 0. The molecule has 66 valence electrons. The minimum Gasteiger partial charge on any atom is -0.406 e. The zero-order chi connectivity index (χ0) is 9.26. The van der Waals surface area contributed by atoms with E-state index in [1.807, 2.05) is 0 Å². The van der Waals surface area contributed by atoms with Crippen LogP contribution in [0.25, 0.3) is 11.7 Å². The monoisotopic (exact) mass is 194 g/mol. The van der Waals surface area contributed by atoms with E-state index in [-0.39, 0.29) is 0 Å². The quantitative estimate of drug-likeness (QED) is 0.638. The summed E-state index contributed by atoms with van der Waals surface area (Å²) in [4.78, 5) is 8.26. The predicted molar refractivity (Wildman–Crippen MR) is 47.3 cm³/mol. The molecule has 2 rings (SSSR count). The Morgan fingerprint density at radius 3 is 2.62 bits per heavy atom. The number of aryl methyl sites for hydroxylation is 1. The molecule has 0 saturated carbocycles. The summed E-state index contributed by atoms with van der Waals surface area (Å²) >= 11 is 4.85. The summed E-state index contributed by atoms with van der Waals surface area (Å²) in [5.74, 6) is 0.780. The Hall–Kier alpha value is -1.56. The highest BCUT2D eigenvalue weighted by atomic mass is 32.1. The second-order valence-corrected chi connectivity index (χ2v) is 2.72. The average Bonchev–Trinajstić information content (AvgIpc) is 2.49. The summed E-state index contributed by atoms with van der Waals surface area (Å²) in [6.07, 6.45) is 3.24. The summed E-state index contributed by atoms with van der Waals surface area (Å²) in [6, 6.07) is 1.72. The number of rotatable bonds is 1. The van der Waals surface area contributed by atoms with Crippen molar-refractivity contribution < 1.29 is 4.42 Å². The molecule has 13 heavy (non-hydrogen) atoms. The maximum Gasteiger partial charge on any atom is 0.287 e. The molecule has 0 N–H and O–H groups in total. The summed E-state index contributed by atoms with van der Waals surface area (Å²) < 4.78 is 6.60. The zero-order valence-corrected chi connectivity index (χ0v) is 7.65. The van der Waals surface area contributed by atoms with Crippen LogP contribution < -0.4 is 0 Å². The maximum atomic E-state index is 5.14. The van der Waals surface area contributed by atoms with E-state index >= 15 is 0 Å². The van der Waals surface area contributed by atoms with Crippen molar-refractivity contribution >= 4 is 12.2 Å². The summed E-state index contributed by atoms with van der Waals surface area (Å²) in [5.41, 5.74) is 0. The van der Waals surface area contributed by atoms with E-state index < -0.39 is 0 Å². The summed E-state index contributed by atoms with van der Waals surface area (Å²) in [5, 5.41) is 4.00.